The number of thiol groups is 1. The van der Waals surface area contributed by atoms with E-state index < -0.39 is 22.6 Å². The van der Waals surface area contributed by atoms with Crippen LogP contribution in [0.3, 0.4) is 0 Å². The summed E-state index contributed by atoms with van der Waals surface area (Å²) < 4.78 is 59.4. The maximum absolute atomic E-state index is 12.4. The Kier molecular flexibility index (Phi) is 3.03. The van der Waals surface area contributed by atoms with Crippen LogP contribution in [-0.2, 0) is 16.9 Å². The van der Waals surface area contributed by atoms with Crippen LogP contribution in [0, 0.1) is 0 Å². The molecular formula is C8H5F3N4O2S. The quantitative estimate of drug-likeness (QED) is 0.816. The number of aromatic nitrogens is 4. The van der Waals surface area contributed by atoms with Crippen molar-refractivity contribution in [2.75, 3.05) is 0 Å². The maximum atomic E-state index is 12.4. The van der Waals surface area contributed by atoms with Crippen LogP contribution in [-0.4, -0.2) is 28.2 Å². The van der Waals surface area contributed by atoms with E-state index in [1.807, 2.05) is 0 Å². The molecule has 2 aromatic heterocycles. The summed E-state index contributed by atoms with van der Waals surface area (Å²) in [6.07, 6.45) is -1.79. The van der Waals surface area contributed by atoms with Crippen LogP contribution in [0.1, 0.15) is 5.69 Å². The minimum Gasteiger partial charge on any atom is -0.232 e. The monoisotopic (exact) mass is 278 g/mol. The van der Waals surface area contributed by atoms with Gasteiger partial charge in [-0.1, -0.05) is 0 Å². The lowest BCUT2D eigenvalue weighted by molar-refractivity contribution is -0.141. The zero-order valence-electron chi connectivity index (χ0n) is 8.50. The zero-order chi connectivity index (χ0) is 13.3. The van der Waals surface area contributed by atoms with E-state index in [1.165, 1.54) is 0 Å². The minimum absolute atomic E-state index is 0.114. The van der Waals surface area contributed by atoms with Crippen LogP contribution in [0.5, 0.6) is 0 Å². The van der Waals surface area contributed by atoms with Gasteiger partial charge in [0.2, 0.25) is 0 Å². The minimum atomic E-state index is -4.60. The second-order valence-corrected chi connectivity index (χ2v) is 4.19. The maximum Gasteiger partial charge on any atom is 0.433 e. The fourth-order valence-corrected chi connectivity index (χ4v) is 1.51. The average Bonchev–Trinajstić information content (AvgIpc) is 2.77. The SMILES string of the molecule is O=[SH](=O)c1cnn(-c2cc(C(F)(F)F)ncn2)c1. The van der Waals surface area contributed by atoms with Crippen LogP contribution >= 0.6 is 0 Å². The van der Waals surface area contributed by atoms with Crippen molar-refractivity contribution in [1.29, 1.82) is 0 Å². The van der Waals surface area contributed by atoms with Gasteiger partial charge in [-0.3, -0.25) is 0 Å². The first-order valence-corrected chi connectivity index (χ1v) is 5.64. The van der Waals surface area contributed by atoms with Crippen LogP contribution in [0.2, 0.25) is 0 Å². The van der Waals surface area contributed by atoms with Gasteiger partial charge in [0.25, 0.3) is 0 Å². The lowest BCUT2D eigenvalue weighted by atomic mass is 10.4. The van der Waals surface area contributed by atoms with E-state index in [1.54, 1.807) is 0 Å². The molecule has 0 aliphatic carbocycles. The number of rotatable bonds is 2. The number of nitrogens with zero attached hydrogens (tertiary/aromatic N) is 4. The van der Waals surface area contributed by atoms with Gasteiger partial charge in [0.1, 0.15) is 16.9 Å². The predicted molar refractivity (Wildman–Crippen MR) is 52.7 cm³/mol. The van der Waals surface area contributed by atoms with E-state index in [0.717, 1.165) is 23.4 Å². The molecule has 18 heavy (non-hydrogen) atoms. The van der Waals surface area contributed by atoms with E-state index in [2.05, 4.69) is 15.1 Å². The molecular weight excluding hydrogens is 273 g/mol. The van der Waals surface area contributed by atoms with E-state index in [-0.39, 0.29) is 10.7 Å². The number of hydrogen-bond donors (Lipinski definition) is 1. The van der Waals surface area contributed by atoms with Crippen molar-refractivity contribution in [2.24, 2.45) is 0 Å². The van der Waals surface area contributed by atoms with Crippen LogP contribution in [0.4, 0.5) is 13.2 Å². The molecule has 0 fully saturated rings. The van der Waals surface area contributed by atoms with Gasteiger partial charge in [-0.25, -0.2) is 23.1 Å². The molecule has 0 N–H and O–H groups in total. The highest BCUT2D eigenvalue weighted by molar-refractivity contribution is 7.72. The van der Waals surface area contributed by atoms with Gasteiger partial charge in [0.15, 0.2) is 16.5 Å². The molecule has 2 heterocycles. The molecule has 0 saturated heterocycles. The van der Waals surface area contributed by atoms with E-state index in [9.17, 15) is 21.6 Å². The summed E-state index contributed by atoms with van der Waals surface area (Å²) >= 11 is 0. The highest BCUT2D eigenvalue weighted by Gasteiger charge is 2.33. The van der Waals surface area contributed by atoms with Crippen LogP contribution in [0.25, 0.3) is 5.82 Å². The van der Waals surface area contributed by atoms with Gasteiger partial charge in [0, 0.05) is 6.07 Å². The summed E-state index contributed by atoms with van der Waals surface area (Å²) in [5.41, 5.74) is -1.13. The first-order valence-electron chi connectivity index (χ1n) is 4.46. The van der Waals surface area contributed by atoms with E-state index >= 15 is 0 Å². The second kappa shape index (κ2) is 4.37. The molecule has 0 radical (unpaired) electrons. The number of halogens is 3. The standard InChI is InChI=1S/C8H5F3N4O2S/c9-8(10,11)6-1-7(13-4-12-6)15-3-5(2-14-15)18(16)17/h1-4,18H. The molecule has 96 valence electrons. The Bertz CT molecular complexity index is 642. The Labute approximate surface area is 100 Å². The third-order valence-corrected chi connectivity index (χ3v) is 2.61. The van der Waals surface area contributed by atoms with Gasteiger partial charge in [-0.2, -0.15) is 18.3 Å². The Morgan fingerprint density at radius 2 is 1.94 bits per heavy atom. The molecule has 0 atom stereocenters. The molecule has 2 rings (SSSR count). The average molecular weight is 278 g/mol. The Balaban J connectivity index is 2.44. The summed E-state index contributed by atoms with van der Waals surface area (Å²) in [5, 5.41) is 3.61. The molecule has 0 bridgehead atoms. The fourth-order valence-electron chi connectivity index (χ4n) is 1.16. The first-order chi connectivity index (χ1) is 8.38. The molecule has 2 aromatic rings. The molecule has 0 aromatic carbocycles. The number of alkyl halides is 3. The van der Waals surface area contributed by atoms with Crippen LogP contribution < -0.4 is 0 Å². The normalized spacial score (nSPS) is 12.0. The van der Waals surface area contributed by atoms with E-state index in [0.29, 0.717) is 6.07 Å². The zero-order valence-corrected chi connectivity index (χ0v) is 9.39. The molecule has 6 nitrogen and oxygen atoms in total. The van der Waals surface area contributed by atoms with Gasteiger partial charge >= 0.3 is 6.18 Å². The molecule has 0 aliphatic rings. The highest BCUT2D eigenvalue weighted by Crippen LogP contribution is 2.27. The summed E-state index contributed by atoms with van der Waals surface area (Å²) in [6, 6.07) is 0.675. The van der Waals surface area contributed by atoms with Crippen molar-refractivity contribution in [3.63, 3.8) is 0 Å². The van der Waals surface area contributed by atoms with Crippen molar-refractivity contribution in [2.45, 2.75) is 11.1 Å². The molecule has 0 amide bonds. The molecule has 0 saturated carbocycles. The lowest BCUT2D eigenvalue weighted by Gasteiger charge is -2.06. The fraction of sp³-hybridized carbons (Fsp3) is 0.125. The van der Waals surface area contributed by atoms with Crippen molar-refractivity contribution in [1.82, 2.24) is 19.7 Å². The smallest absolute Gasteiger partial charge is 0.232 e. The Hall–Kier alpha value is -1.97. The van der Waals surface area contributed by atoms with Crippen molar-refractivity contribution in [3.8, 4) is 5.82 Å². The Morgan fingerprint density at radius 1 is 1.22 bits per heavy atom. The van der Waals surface area contributed by atoms with Gasteiger partial charge < -0.3 is 0 Å². The van der Waals surface area contributed by atoms with Crippen molar-refractivity contribution < 1.29 is 21.6 Å². The third kappa shape index (κ3) is 2.47. The van der Waals surface area contributed by atoms with Gasteiger partial charge in [-0.15, -0.1) is 0 Å². The third-order valence-electron chi connectivity index (χ3n) is 1.96. The van der Waals surface area contributed by atoms with Crippen LogP contribution in [0.15, 0.2) is 29.7 Å². The highest BCUT2D eigenvalue weighted by atomic mass is 32.2. The molecule has 10 heteroatoms. The first kappa shape index (κ1) is 12.5. The summed E-state index contributed by atoms with van der Waals surface area (Å²) in [7, 11) is -2.84. The van der Waals surface area contributed by atoms with Crippen molar-refractivity contribution >= 4 is 10.7 Å². The van der Waals surface area contributed by atoms with Gasteiger partial charge in [0.05, 0.1) is 12.4 Å². The summed E-state index contributed by atoms with van der Waals surface area (Å²) in [5.74, 6) is -0.166. The predicted octanol–water partition coefficient (Wildman–Crippen LogP) is 0.651. The topological polar surface area (TPSA) is 77.7 Å². The molecule has 0 spiro atoms. The Morgan fingerprint density at radius 3 is 2.50 bits per heavy atom. The molecule has 0 aliphatic heterocycles. The summed E-state index contributed by atoms with van der Waals surface area (Å²) in [6.45, 7) is 0. The van der Waals surface area contributed by atoms with Crippen molar-refractivity contribution in [3.05, 3.63) is 30.5 Å². The second-order valence-electron chi connectivity index (χ2n) is 3.16. The summed E-state index contributed by atoms with van der Waals surface area (Å²) in [4.78, 5) is 6.56. The van der Waals surface area contributed by atoms with Gasteiger partial charge in [-0.05, 0) is 0 Å². The number of hydrogen-bond acceptors (Lipinski definition) is 5. The lowest BCUT2D eigenvalue weighted by Crippen LogP contribution is -2.10. The van der Waals surface area contributed by atoms with E-state index in [4.69, 9.17) is 0 Å². The largest absolute Gasteiger partial charge is 0.433 e. The molecule has 0 unspecified atom stereocenters.